The monoisotopic (exact) mass is 250 g/mol. The molecule has 0 spiro atoms. The number of carbonyl (C=O) groups is 1. The van der Waals surface area contributed by atoms with Crippen LogP contribution in [0.5, 0.6) is 0 Å². The van der Waals surface area contributed by atoms with Crippen LogP contribution in [0.3, 0.4) is 0 Å². The van der Waals surface area contributed by atoms with E-state index >= 15 is 0 Å². The molecule has 1 aliphatic rings. The van der Waals surface area contributed by atoms with Crippen LogP contribution in [0.1, 0.15) is 38.3 Å². The molecule has 1 atom stereocenters. The molecule has 1 fully saturated rings. The Morgan fingerprint density at radius 1 is 1.61 bits per heavy atom. The number of hydrogen-bond acceptors (Lipinski definition) is 3. The van der Waals surface area contributed by atoms with Gasteiger partial charge in [-0.3, -0.25) is 9.48 Å². The summed E-state index contributed by atoms with van der Waals surface area (Å²) < 4.78 is 1.67. The number of aryl methyl sites for hydroxylation is 1. The molecule has 0 saturated heterocycles. The third-order valence-corrected chi connectivity index (χ3v) is 3.18. The molecule has 1 unspecified atom stereocenters. The van der Waals surface area contributed by atoms with Crippen LogP contribution >= 0.6 is 0 Å². The fraction of sp³-hybridized carbons (Fsp3) is 0.692. The Morgan fingerprint density at radius 2 is 2.28 bits per heavy atom. The van der Waals surface area contributed by atoms with E-state index in [1.54, 1.807) is 10.9 Å². The van der Waals surface area contributed by atoms with Gasteiger partial charge in [-0.25, -0.2) is 0 Å². The van der Waals surface area contributed by atoms with E-state index < -0.39 is 6.04 Å². The molecule has 100 valence electrons. The third-order valence-electron chi connectivity index (χ3n) is 3.18. The predicted molar refractivity (Wildman–Crippen MR) is 69.7 cm³/mol. The zero-order valence-corrected chi connectivity index (χ0v) is 11.3. The van der Waals surface area contributed by atoms with Gasteiger partial charge in [0, 0.05) is 31.4 Å². The fourth-order valence-electron chi connectivity index (χ4n) is 2.12. The molecule has 1 heterocycles. The highest BCUT2D eigenvalue weighted by Crippen LogP contribution is 2.29. The third kappa shape index (κ3) is 2.90. The SMILES string of the molecule is CC(C)CN(C(=O)C(N)c1cnn(C)c1)C1CC1. The summed E-state index contributed by atoms with van der Waals surface area (Å²) in [6.45, 7) is 5.04. The Labute approximate surface area is 108 Å². The molecule has 2 rings (SSSR count). The van der Waals surface area contributed by atoms with Gasteiger partial charge in [-0.1, -0.05) is 13.8 Å². The van der Waals surface area contributed by atoms with Crippen molar-refractivity contribution in [2.24, 2.45) is 18.7 Å². The minimum Gasteiger partial charge on any atom is -0.338 e. The Balaban J connectivity index is 2.07. The van der Waals surface area contributed by atoms with Crippen LogP contribution < -0.4 is 5.73 Å². The molecule has 1 amide bonds. The summed E-state index contributed by atoms with van der Waals surface area (Å²) >= 11 is 0. The zero-order chi connectivity index (χ0) is 13.3. The van der Waals surface area contributed by atoms with Crippen molar-refractivity contribution >= 4 is 5.91 Å². The molecular weight excluding hydrogens is 228 g/mol. The Kier molecular flexibility index (Phi) is 3.71. The molecule has 1 aromatic rings. The first kappa shape index (κ1) is 13.1. The summed E-state index contributed by atoms with van der Waals surface area (Å²) in [6, 6.07) is -0.180. The number of amides is 1. The molecule has 18 heavy (non-hydrogen) atoms. The van der Waals surface area contributed by atoms with Gasteiger partial charge in [-0.05, 0) is 18.8 Å². The Hall–Kier alpha value is -1.36. The van der Waals surface area contributed by atoms with Crippen LogP contribution in [-0.4, -0.2) is 33.2 Å². The van der Waals surface area contributed by atoms with Crippen molar-refractivity contribution in [3.05, 3.63) is 18.0 Å². The maximum atomic E-state index is 12.4. The van der Waals surface area contributed by atoms with E-state index in [1.807, 2.05) is 18.1 Å². The lowest BCUT2D eigenvalue weighted by atomic mass is 10.1. The summed E-state index contributed by atoms with van der Waals surface area (Å²) in [7, 11) is 1.83. The van der Waals surface area contributed by atoms with Crippen LogP contribution in [0.4, 0.5) is 0 Å². The maximum Gasteiger partial charge on any atom is 0.244 e. The van der Waals surface area contributed by atoms with Crippen LogP contribution in [0.15, 0.2) is 12.4 Å². The highest BCUT2D eigenvalue weighted by Gasteiger charge is 2.35. The summed E-state index contributed by atoms with van der Waals surface area (Å²) in [5.41, 5.74) is 6.84. The minimum absolute atomic E-state index is 0.0270. The quantitative estimate of drug-likeness (QED) is 0.850. The molecule has 1 saturated carbocycles. The van der Waals surface area contributed by atoms with Crippen molar-refractivity contribution in [3.8, 4) is 0 Å². The van der Waals surface area contributed by atoms with Crippen molar-refractivity contribution in [3.63, 3.8) is 0 Å². The lowest BCUT2D eigenvalue weighted by Gasteiger charge is -2.27. The number of rotatable bonds is 5. The molecule has 5 nitrogen and oxygen atoms in total. The zero-order valence-electron chi connectivity index (χ0n) is 11.3. The van der Waals surface area contributed by atoms with Crippen LogP contribution in [0.2, 0.25) is 0 Å². The minimum atomic E-state index is -0.585. The number of hydrogen-bond donors (Lipinski definition) is 1. The smallest absolute Gasteiger partial charge is 0.244 e. The van der Waals surface area contributed by atoms with E-state index in [0.29, 0.717) is 12.0 Å². The first-order chi connectivity index (χ1) is 8.49. The normalized spacial score (nSPS) is 16.9. The van der Waals surface area contributed by atoms with Crippen LogP contribution in [0.25, 0.3) is 0 Å². The van der Waals surface area contributed by atoms with Crippen LogP contribution in [0, 0.1) is 5.92 Å². The number of carbonyl (C=O) groups excluding carboxylic acids is 1. The van der Waals surface area contributed by atoms with Crippen molar-refractivity contribution in [2.75, 3.05) is 6.54 Å². The highest BCUT2D eigenvalue weighted by atomic mass is 16.2. The molecule has 0 aromatic carbocycles. The summed E-state index contributed by atoms with van der Waals surface area (Å²) in [5, 5.41) is 4.07. The molecular formula is C13H22N4O. The average molecular weight is 250 g/mol. The summed E-state index contributed by atoms with van der Waals surface area (Å²) in [6.07, 6.45) is 5.70. The van der Waals surface area contributed by atoms with Gasteiger partial charge in [0.1, 0.15) is 6.04 Å². The van der Waals surface area contributed by atoms with E-state index in [2.05, 4.69) is 18.9 Å². The second-order valence-electron chi connectivity index (χ2n) is 5.54. The fourth-order valence-corrected chi connectivity index (χ4v) is 2.12. The van der Waals surface area contributed by atoms with Crippen molar-refractivity contribution < 1.29 is 4.79 Å². The van der Waals surface area contributed by atoms with Gasteiger partial charge in [0.05, 0.1) is 6.20 Å². The van der Waals surface area contributed by atoms with Crippen molar-refractivity contribution in [1.29, 1.82) is 0 Å². The molecule has 0 radical (unpaired) electrons. The average Bonchev–Trinajstić information content (AvgIpc) is 3.06. The molecule has 0 bridgehead atoms. The van der Waals surface area contributed by atoms with Gasteiger partial charge < -0.3 is 10.6 Å². The van der Waals surface area contributed by atoms with Gasteiger partial charge in [-0.2, -0.15) is 5.10 Å². The second-order valence-corrected chi connectivity index (χ2v) is 5.54. The first-order valence-electron chi connectivity index (χ1n) is 6.53. The van der Waals surface area contributed by atoms with Crippen LogP contribution in [-0.2, 0) is 11.8 Å². The van der Waals surface area contributed by atoms with E-state index in [9.17, 15) is 4.79 Å². The van der Waals surface area contributed by atoms with Gasteiger partial charge in [-0.15, -0.1) is 0 Å². The Morgan fingerprint density at radius 3 is 2.72 bits per heavy atom. The first-order valence-corrected chi connectivity index (χ1v) is 6.53. The van der Waals surface area contributed by atoms with Gasteiger partial charge in [0.25, 0.3) is 0 Å². The number of aromatic nitrogens is 2. The lowest BCUT2D eigenvalue weighted by molar-refractivity contribution is -0.133. The Bertz CT molecular complexity index is 422. The molecule has 0 aliphatic heterocycles. The maximum absolute atomic E-state index is 12.4. The van der Waals surface area contributed by atoms with Gasteiger partial charge in [0.2, 0.25) is 5.91 Å². The van der Waals surface area contributed by atoms with Crippen molar-refractivity contribution in [1.82, 2.24) is 14.7 Å². The van der Waals surface area contributed by atoms with E-state index in [4.69, 9.17) is 5.73 Å². The van der Waals surface area contributed by atoms with Crippen molar-refractivity contribution in [2.45, 2.75) is 38.8 Å². The van der Waals surface area contributed by atoms with E-state index in [0.717, 1.165) is 24.9 Å². The molecule has 5 heteroatoms. The largest absolute Gasteiger partial charge is 0.338 e. The van der Waals surface area contributed by atoms with Gasteiger partial charge in [0.15, 0.2) is 0 Å². The second kappa shape index (κ2) is 5.10. The molecule has 1 aromatic heterocycles. The predicted octanol–water partition coefficient (Wildman–Crippen LogP) is 1.07. The lowest BCUT2D eigenvalue weighted by Crippen LogP contribution is -2.41. The number of nitrogens with zero attached hydrogens (tertiary/aromatic N) is 3. The summed E-state index contributed by atoms with van der Waals surface area (Å²) in [4.78, 5) is 14.4. The van der Waals surface area contributed by atoms with E-state index in [-0.39, 0.29) is 5.91 Å². The molecule has 2 N–H and O–H groups in total. The van der Waals surface area contributed by atoms with Gasteiger partial charge >= 0.3 is 0 Å². The standard InChI is InChI=1S/C13H22N4O/c1-9(2)7-17(11-4-5-11)13(18)12(14)10-6-15-16(3)8-10/h6,8-9,11-12H,4-5,7,14H2,1-3H3. The molecule has 1 aliphatic carbocycles. The van der Waals surface area contributed by atoms with E-state index in [1.165, 1.54) is 0 Å². The highest BCUT2D eigenvalue weighted by molar-refractivity contribution is 5.83. The topological polar surface area (TPSA) is 64.2 Å². The number of nitrogens with two attached hydrogens (primary N) is 1. The summed E-state index contributed by atoms with van der Waals surface area (Å²) in [5.74, 6) is 0.495.